The van der Waals surface area contributed by atoms with Crippen molar-refractivity contribution in [1.82, 2.24) is 9.88 Å². The molecule has 1 amide bonds. The van der Waals surface area contributed by atoms with Crippen LogP contribution < -0.4 is 5.73 Å². The summed E-state index contributed by atoms with van der Waals surface area (Å²) >= 11 is 1.54. The van der Waals surface area contributed by atoms with Crippen molar-refractivity contribution in [2.45, 2.75) is 58.0 Å². The van der Waals surface area contributed by atoms with E-state index in [0.717, 1.165) is 24.3 Å². The zero-order valence-electron chi connectivity index (χ0n) is 12.2. The number of halogens is 1. The third-order valence-electron chi connectivity index (χ3n) is 3.64. The van der Waals surface area contributed by atoms with Crippen molar-refractivity contribution in [2.75, 3.05) is 6.54 Å². The quantitative estimate of drug-likeness (QED) is 0.908. The number of hydrogen-bond acceptors (Lipinski definition) is 4. The summed E-state index contributed by atoms with van der Waals surface area (Å²) in [6, 6.07) is 0.627. The van der Waals surface area contributed by atoms with Crippen LogP contribution >= 0.6 is 23.7 Å². The Hall–Kier alpha value is -0.650. The van der Waals surface area contributed by atoms with Gasteiger partial charge in [-0.15, -0.1) is 23.7 Å². The third-order valence-corrected chi connectivity index (χ3v) is 4.55. The number of nitrogens with two attached hydrogens (primary N) is 1. The Kier molecular flexibility index (Phi) is 6.92. The van der Waals surface area contributed by atoms with E-state index in [1.54, 1.807) is 0 Å². The molecule has 20 heavy (non-hydrogen) atoms. The van der Waals surface area contributed by atoms with Gasteiger partial charge in [0.15, 0.2) is 0 Å². The van der Waals surface area contributed by atoms with E-state index in [4.69, 9.17) is 5.73 Å². The van der Waals surface area contributed by atoms with Crippen molar-refractivity contribution in [3.05, 3.63) is 16.1 Å². The Labute approximate surface area is 131 Å². The molecule has 4 nitrogen and oxygen atoms in total. The van der Waals surface area contributed by atoms with Crippen molar-refractivity contribution >= 4 is 29.7 Å². The van der Waals surface area contributed by atoms with E-state index in [0.29, 0.717) is 18.3 Å². The lowest BCUT2D eigenvalue weighted by Gasteiger charge is -2.32. The molecule has 1 heterocycles. The SMILES string of the molecule is CC(C)N(C(=O)c1csc(CCN)n1)C1CCCC1.Cl. The first-order valence-corrected chi connectivity index (χ1v) is 7.98. The van der Waals surface area contributed by atoms with Crippen molar-refractivity contribution in [1.29, 1.82) is 0 Å². The average molecular weight is 318 g/mol. The molecule has 6 heteroatoms. The molecule has 0 radical (unpaired) electrons. The van der Waals surface area contributed by atoms with Crippen LogP contribution in [0, 0.1) is 0 Å². The molecule has 0 saturated heterocycles. The summed E-state index contributed by atoms with van der Waals surface area (Å²) < 4.78 is 0. The first-order valence-electron chi connectivity index (χ1n) is 7.10. The van der Waals surface area contributed by atoms with Crippen LogP contribution in [0.15, 0.2) is 5.38 Å². The van der Waals surface area contributed by atoms with Crippen LogP contribution in [0.4, 0.5) is 0 Å². The average Bonchev–Trinajstić information content (AvgIpc) is 3.00. The Morgan fingerprint density at radius 2 is 2.15 bits per heavy atom. The minimum Gasteiger partial charge on any atom is -0.332 e. The smallest absolute Gasteiger partial charge is 0.273 e. The molecule has 1 saturated carbocycles. The second-order valence-corrected chi connectivity index (χ2v) is 6.35. The highest BCUT2D eigenvalue weighted by molar-refractivity contribution is 7.09. The van der Waals surface area contributed by atoms with Gasteiger partial charge in [0.2, 0.25) is 0 Å². The lowest BCUT2D eigenvalue weighted by atomic mass is 10.1. The Morgan fingerprint density at radius 3 is 2.70 bits per heavy atom. The topological polar surface area (TPSA) is 59.2 Å². The van der Waals surface area contributed by atoms with E-state index in [1.165, 1.54) is 24.2 Å². The van der Waals surface area contributed by atoms with Gasteiger partial charge in [0.25, 0.3) is 5.91 Å². The van der Waals surface area contributed by atoms with Gasteiger partial charge in [-0.05, 0) is 33.2 Å². The standard InChI is InChI=1S/C14H23N3OS.ClH/c1-10(2)17(11-5-3-4-6-11)14(18)12-9-19-13(16-12)7-8-15;/h9-11H,3-8,15H2,1-2H3;1H. The number of nitrogens with zero attached hydrogens (tertiary/aromatic N) is 2. The molecule has 114 valence electrons. The highest BCUT2D eigenvalue weighted by Gasteiger charge is 2.30. The molecule has 0 bridgehead atoms. The maximum atomic E-state index is 12.6. The van der Waals surface area contributed by atoms with E-state index in [2.05, 4.69) is 18.8 Å². The van der Waals surface area contributed by atoms with E-state index in [9.17, 15) is 4.79 Å². The van der Waals surface area contributed by atoms with Crippen molar-refractivity contribution in [3.8, 4) is 0 Å². The predicted molar refractivity (Wildman–Crippen MR) is 85.7 cm³/mol. The normalized spacial score (nSPS) is 15.4. The fraction of sp³-hybridized carbons (Fsp3) is 0.714. The van der Waals surface area contributed by atoms with Gasteiger partial charge in [-0.3, -0.25) is 4.79 Å². The summed E-state index contributed by atoms with van der Waals surface area (Å²) in [4.78, 5) is 19.1. The number of rotatable bonds is 5. The molecule has 1 aromatic heterocycles. The van der Waals surface area contributed by atoms with Crippen LogP contribution in [0.3, 0.4) is 0 Å². The van der Waals surface area contributed by atoms with Gasteiger partial charge < -0.3 is 10.6 Å². The van der Waals surface area contributed by atoms with Crippen LogP contribution in [-0.2, 0) is 6.42 Å². The lowest BCUT2D eigenvalue weighted by molar-refractivity contribution is 0.0608. The molecule has 1 aliphatic rings. The molecule has 0 unspecified atom stereocenters. The van der Waals surface area contributed by atoms with E-state index < -0.39 is 0 Å². The molecule has 0 spiro atoms. The van der Waals surface area contributed by atoms with Gasteiger partial charge >= 0.3 is 0 Å². The highest BCUT2D eigenvalue weighted by atomic mass is 35.5. The second-order valence-electron chi connectivity index (χ2n) is 5.41. The Morgan fingerprint density at radius 1 is 1.50 bits per heavy atom. The molecular weight excluding hydrogens is 294 g/mol. The van der Waals surface area contributed by atoms with Crippen molar-refractivity contribution in [2.24, 2.45) is 5.73 Å². The predicted octanol–water partition coefficient (Wildman–Crippen LogP) is 2.86. The summed E-state index contributed by atoms with van der Waals surface area (Å²) in [5, 5.41) is 2.83. The largest absolute Gasteiger partial charge is 0.332 e. The van der Waals surface area contributed by atoms with Crippen LogP contribution in [-0.4, -0.2) is 34.4 Å². The van der Waals surface area contributed by atoms with Crippen LogP contribution in [0.2, 0.25) is 0 Å². The fourth-order valence-electron chi connectivity index (χ4n) is 2.78. The van der Waals surface area contributed by atoms with Gasteiger partial charge in [-0.25, -0.2) is 4.98 Å². The molecule has 1 fully saturated rings. The maximum absolute atomic E-state index is 12.6. The second kappa shape index (κ2) is 7.96. The van der Waals surface area contributed by atoms with E-state index in [-0.39, 0.29) is 24.4 Å². The summed E-state index contributed by atoms with van der Waals surface area (Å²) in [6.07, 6.45) is 5.48. The molecule has 1 aliphatic carbocycles. The number of carbonyl (C=O) groups excluding carboxylic acids is 1. The number of aromatic nitrogens is 1. The van der Waals surface area contributed by atoms with Crippen LogP contribution in [0.25, 0.3) is 0 Å². The zero-order valence-corrected chi connectivity index (χ0v) is 13.8. The molecule has 2 rings (SSSR count). The van der Waals surface area contributed by atoms with Crippen molar-refractivity contribution < 1.29 is 4.79 Å². The first-order chi connectivity index (χ1) is 9.13. The number of hydrogen-bond donors (Lipinski definition) is 1. The van der Waals surface area contributed by atoms with Gasteiger partial charge in [0, 0.05) is 23.9 Å². The first kappa shape index (κ1) is 17.4. The molecule has 1 aromatic rings. The summed E-state index contributed by atoms with van der Waals surface area (Å²) in [5.41, 5.74) is 6.12. The fourth-order valence-corrected chi connectivity index (χ4v) is 3.57. The highest BCUT2D eigenvalue weighted by Crippen LogP contribution is 2.27. The molecule has 2 N–H and O–H groups in total. The molecule has 0 aromatic carbocycles. The number of carbonyl (C=O) groups is 1. The van der Waals surface area contributed by atoms with Crippen molar-refractivity contribution in [3.63, 3.8) is 0 Å². The molecule has 0 atom stereocenters. The molecule has 0 aliphatic heterocycles. The monoisotopic (exact) mass is 317 g/mol. The Balaban J connectivity index is 0.00000200. The maximum Gasteiger partial charge on any atom is 0.273 e. The minimum atomic E-state index is 0. The Bertz CT molecular complexity index is 430. The van der Waals surface area contributed by atoms with Crippen LogP contribution in [0.1, 0.15) is 55.0 Å². The summed E-state index contributed by atoms with van der Waals surface area (Å²) in [6.45, 7) is 4.75. The van der Waals surface area contributed by atoms with Crippen LogP contribution in [0.5, 0.6) is 0 Å². The van der Waals surface area contributed by atoms with Gasteiger partial charge in [-0.1, -0.05) is 12.8 Å². The summed E-state index contributed by atoms with van der Waals surface area (Å²) in [7, 11) is 0. The number of amides is 1. The van der Waals surface area contributed by atoms with E-state index in [1.807, 2.05) is 10.3 Å². The number of thiazole rings is 1. The van der Waals surface area contributed by atoms with E-state index >= 15 is 0 Å². The minimum absolute atomic E-state index is 0. The lowest BCUT2D eigenvalue weighted by Crippen LogP contribution is -2.43. The zero-order chi connectivity index (χ0) is 13.8. The third kappa shape index (κ3) is 3.93. The van der Waals surface area contributed by atoms with Gasteiger partial charge in [0.05, 0.1) is 5.01 Å². The molecular formula is C14H24ClN3OS. The summed E-state index contributed by atoms with van der Waals surface area (Å²) in [5.74, 6) is 0.0846. The van der Waals surface area contributed by atoms with Gasteiger partial charge in [-0.2, -0.15) is 0 Å². The van der Waals surface area contributed by atoms with Gasteiger partial charge in [0.1, 0.15) is 5.69 Å².